The zero-order valence-corrected chi connectivity index (χ0v) is 19.0. The third kappa shape index (κ3) is 4.28. The van der Waals surface area contributed by atoms with Gasteiger partial charge in [0, 0.05) is 24.2 Å². The van der Waals surface area contributed by atoms with E-state index in [-0.39, 0.29) is 46.1 Å². The van der Waals surface area contributed by atoms with Crippen LogP contribution in [0.3, 0.4) is 0 Å². The average molecular weight is 483 g/mol. The summed E-state index contributed by atoms with van der Waals surface area (Å²) in [6.07, 6.45) is 0. The van der Waals surface area contributed by atoms with Gasteiger partial charge in [0.15, 0.2) is 5.76 Å². The van der Waals surface area contributed by atoms with Crippen LogP contribution in [0.5, 0.6) is 23.0 Å². The van der Waals surface area contributed by atoms with Gasteiger partial charge in [-0.05, 0) is 23.8 Å². The highest BCUT2D eigenvalue weighted by Crippen LogP contribution is 2.37. The van der Waals surface area contributed by atoms with Crippen molar-refractivity contribution in [2.45, 2.75) is 11.4 Å². The maximum Gasteiger partial charge on any atom is 0.244 e. The van der Waals surface area contributed by atoms with Crippen LogP contribution in [0.25, 0.3) is 22.3 Å². The minimum atomic E-state index is -4.13. The summed E-state index contributed by atoms with van der Waals surface area (Å²) in [4.78, 5) is 12.6. The monoisotopic (exact) mass is 483 g/mol. The molecule has 4 aromatic rings. The highest BCUT2D eigenvalue weighted by molar-refractivity contribution is 7.89. The molecule has 0 aliphatic carbocycles. The Morgan fingerprint density at radius 1 is 0.941 bits per heavy atom. The number of hydrogen-bond acceptors (Lipinski definition) is 8. The Balaban J connectivity index is 1.83. The van der Waals surface area contributed by atoms with Crippen molar-refractivity contribution in [3.05, 3.63) is 76.5 Å². The van der Waals surface area contributed by atoms with Gasteiger partial charge in [0.1, 0.15) is 33.1 Å². The second kappa shape index (κ2) is 9.08. The Kier molecular flexibility index (Phi) is 6.18. The predicted molar refractivity (Wildman–Crippen MR) is 125 cm³/mol. The molecule has 0 saturated heterocycles. The fourth-order valence-electron chi connectivity index (χ4n) is 3.47. The van der Waals surface area contributed by atoms with Gasteiger partial charge in [0.05, 0.1) is 14.2 Å². The van der Waals surface area contributed by atoms with E-state index in [2.05, 4.69) is 4.72 Å². The minimum absolute atomic E-state index is 0.0114. The summed E-state index contributed by atoms with van der Waals surface area (Å²) in [5, 5.41) is 20.4. The largest absolute Gasteiger partial charge is 0.507 e. The number of sulfonamides is 1. The topological polar surface area (TPSA) is 135 Å². The first-order valence-corrected chi connectivity index (χ1v) is 11.5. The molecule has 1 aromatic heterocycles. The molecule has 0 unspecified atom stereocenters. The summed E-state index contributed by atoms with van der Waals surface area (Å²) in [6.45, 7) is 0.0142. The molecule has 0 aliphatic rings. The molecule has 0 amide bonds. The van der Waals surface area contributed by atoms with Crippen molar-refractivity contribution in [2.75, 3.05) is 14.2 Å². The van der Waals surface area contributed by atoms with E-state index in [1.807, 2.05) is 6.07 Å². The third-order valence-corrected chi connectivity index (χ3v) is 6.60. The first-order chi connectivity index (χ1) is 16.2. The fourth-order valence-corrected chi connectivity index (χ4v) is 4.61. The summed E-state index contributed by atoms with van der Waals surface area (Å²) in [5.41, 5.74) is 0.254. The van der Waals surface area contributed by atoms with E-state index in [0.29, 0.717) is 0 Å². The SMILES string of the molecule is COc1cc(O)c2c(=O)c(OC)c(-c3ccc(O)c(S(=O)(=O)NCc4ccccc4)c3)oc2c1. The van der Waals surface area contributed by atoms with E-state index in [1.54, 1.807) is 24.3 Å². The molecule has 0 atom stereocenters. The molecule has 0 spiro atoms. The number of benzene rings is 3. The summed E-state index contributed by atoms with van der Waals surface area (Å²) in [5.74, 6) is -0.896. The zero-order chi connectivity index (χ0) is 24.5. The fraction of sp³-hybridized carbons (Fsp3) is 0.125. The van der Waals surface area contributed by atoms with E-state index in [1.165, 1.54) is 44.6 Å². The van der Waals surface area contributed by atoms with Gasteiger partial charge in [-0.1, -0.05) is 30.3 Å². The Morgan fingerprint density at radius 2 is 1.68 bits per heavy atom. The molecule has 0 bridgehead atoms. The Morgan fingerprint density at radius 3 is 2.35 bits per heavy atom. The lowest BCUT2D eigenvalue weighted by Gasteiger charge is -2.13. The molecule has 176 valence electrons. The van der Waals surface area contributed by atoms with Crippen molar-refractivity contribution in [1.82, 2.24) is 4.72 Å². The summed E-state index contributed by atoms with van der Waals surface area (Å²) >= 11 is 0. The number of aromatic hydroxyl groups is 2. The predicted octanol–water partition coefficient (Wildman–Crippen LogP) is 3.37. The van der Waals surface area contributed by atoms with Crippen LogP contribution >= 0.6 is 0 Å². The number of methoxy groups -OCH3 is 2. The molecule has 9 nitrogen and oxygen atoms in total. The van der Waals surface area contributed by atoms with Crippen molar-refractivity contribution >= 4 is 21.0 Å². The van der Waals surface area contributed by atoms with Crippen LogP contribution in [0.2, 0.25) is 0 Å². The van der Waals surface area contributed by atoms with E-state index in [0.717, 1.165) is 5.56 Å². The van der Waals surface area contributed by atoms with Crippen molar-refractivity contribution in [3.8, 4) is 34.3 Å². The molecule has 0 aliphatic heterocycles. The van der Waals surface area contributed by atoms with Crippen LogP contribution in [0.1, 0.15) is 5.56 Å². The van der Waals surface area contributed by atoms with Crippen LogP contribution in [-0.4, -0.2) is 32.9 Å². The second-order valence-electron chi connectivity index (χ2n) is 7.31. The van der Waals surface area contributed by atoms with Crippen molar-refractivity contribution < 1.29 is 32.5 Å². The van der Waals surface area contributed by atoms with Gasteiger partial charge in [0.25, 0.3) is 0 Å². The van der Waals surface area contributed by atoms with Gasteiger partial charge >= 0.3 is 0 Å². The Labute approximate surface area is 194 Å². The van der Waals surface area contributed by atoms with Gasteiger partial charge in [-0.3, -0.25) is 4.79 Å². The Bertz CT molecular complexity index is 1530. The average Bonchev–Trinajstić information content (AvgIpc) is 2.83. The van der Waals surface area contributed by atoms with Crippen LogP contribution in [0.4, 0.5) is 0 Å². The van der Waals surface area contributed by atoms with E-state index in [9.17, 15) is 23.4 Å². The van der Waals surface area contributed by atoms with E-state index in [4.69, 9.17) is 13.9 Å². The minimum Gasteiger partial charge on any atom is -0.507 e. The highest BCUT2D eigenvalue weighted by Gasteiger charge is 2.24. The number of rotatable bonds is 7. The number of nitrogens with one attached hydrogen (secondary N) is 1. The van der Waals surface area contributed by atoms with Crippen molar-refractivity contribution in [2.24, 2.45) is 0 Å². The van der Waals surface area contributed by atoms with Crippen LogP contribution < -0.4 is 19.6 Å². The number of ether oxygens (including phenoxy) is 2. The van der Waals surface area contributed by atoms with Gasteiger partial charge in [-0.15, -0.1) is 0 Å². The smallest absolute Gasteiger partial charge is 0.244 e. The molecule has 4 rings (SSSR count). The molecule has 0 saturated carbocycles. The summed E-state index contributed by atoms with van der Waals surface area (Å²) in [7, 11) is -1.49. The lowest BCUT2D eigenvalue weighted by Crippen LogP contribution is -2.23. The van der Waals surface area contributed by atoms with Crippen LogP contribution in [0, 0.1) is 0 Å². The maximum atomic E-state index is 13.0. The molecule has 3 N–H and O–H groups in total. The van der Waals surface area contributed by atoms with E-state index >= 15 is 0 Å². The number of fused-ring (bicyclic) bond motifs is 1. The number of phenols is 2. The van der Waals surface area contributed by atoms with Gasteiger partial charge in [-0.25, -0.2) is 13.1 Å². The Hall–Kier alpha value is -4.02. The first-order valence-electron chi connectivity index (χ1n) is 10.0. The zero-order valence-electron chi connectivity index (χ0n) is 18.2. The number of hydrogen-bond donors (Lipinski definition) is 3. The number of phenolic OH excluding ortho intramolecular Hbond substituents is 2. The standard InChI is InChI=1S/C24H21NO8S/c1-31-16-11-18(27)21-19(12-16)33-23(24(32-2)22(21)28)15-8-9-17(26)20(10-15)34(29,30)25-13-14-6-4-3-5-7-14/h3-12,25-27H,13H2,1-2H3. The lowest BCUT2D eigenvalue weighted by atomic mass is 10.1. The summed E-state index contributed by atoms with van der Waals surface area (Å²) < 4.78 is 44.5. The first kappa shape index (κ1) is 23.1. The van der Waals surface area contributed by atoms with Gasteiger partial charge in [0.2, 0.25) is 21.2 Å². The molecular weight excluding hydrogens is 462 g/mol. The molecule has 0 fully saturated rings. The van der Waals surface area contributed by atoms with Crippen molar-refractivity contribution in [1.29, 1.82) is 0 Å². The second-order valence-corrected chi connectivity index (χ2v) is 9.04. The van der Waals surface area contributed by atoms with Crippen LogP contribution in [-0.2, 0) is 16.6 Å². The van der Waals surface area contributed by atoms with Gasteiger partial charge in [-0.2, -0.15) is 0 Å². The molecule has 34 heavy (non-hydrogen) atoms. The highest BCUT2D eigenvalue weighted by atomic mass is 32.2. The quantitative estimate of drug-likeness (QED) is 0.364. The van der Waals surface area contributed by atoms with Crippen molar-refractivity contribution in [3.63, 3.8) is 0 Å². The molecule has 1 heterocycles. The lowest BCUT2D eigenvalue weighted by molar-refractivity contribution is 0.394. The molecule has 10 heteroatoms. The van der Waals surface area contributed by atoms with E-state index < -0.39 is 26.1 Å². The van der Waals surface area contributed by atoms with Crippen LogP contribution in [0.15, 0.2) is 74.8 Å². The summed E-state index contributed by atoms with van der Waals surface area (Å²) in [6, 6.07) is 15.3. The molecular formula is C24H21NO8S. The normalized spacial score (nSPS) is 11.5. The maximum absolute atomic E-state index is 13.0. The molecule has 0 radical (unpaired) electrons. The molecule has 3 aromatic carbocycles. The third-order valence-electron chi connectivity index (χ3n) is 5.17. The van der Waals surface area contributed by atoms with Gasteiger partial charge < -0.3 is 24.1 Å².